The van der Waals surface area contributed by atoms with Crippen molar-refractivity contribution in [3.05, 3.63) is 89.0 Å². The number of carbonyl (C=O) groups is 1. The normalized spacial score (nSPS) is 11.2. The Kier molecular flexibility index (Phi) is 6.54. The molecule has 0 fully saturated rings. The number of primary sulfonamides is 1. The van der Waals surface area contributed by atoms with E-state index in [4.69, 9.17) is 9.88 Å². The summed E-state index contributed by atoms with van der Waals surface area (Å²) in [4.78, 5) is 12.4. The second kappa shape index (κ2) is 9.11. The van der Waals surface area contributed by atoms with Crippen molar-refractivity contribution in [1.82, 2.24) is 0 Å². The summed E-state index contributed by atoms with van der Waals surface area (Å²) >= 11 is 0. The zero-order valence-corrected chi connectivity index (χ0v) is 17.7. The number of anilines is 1. The third kappa shape index (κ3) is 5.46. The predicted molar refractivity (Wildman–Crippen MR) is 117 cm³/mol. The van der Waals surface area contributed by atoms with Crippen LogP contribution >= 0.6 is 0 Å². The molecule has 0 spiro atoms. The molecule has 0 aliphatic rings. The standard InChI is InChI=1S/C23H24N2O4S/c1-16-12-20(30(24,27)28)14-21(17(16)2)25-23(26)15-29-22-11-7-6-10-19(22)13-18-8-4-3-5-9-18/h3-12,14H,13,15H2,1-2H3,(H,25,26)(H2,24,27,28). The lowest BCUT2D eigenvalue weighted by molar-refractivity contribution is -0.118. The Morgan fingerprint density at radius 3 is 2.37 bits per heavy atom. The minimum Gasteiger partial charge on any atom is -0.483 e. The fourth-order valence-corrected chi connectivity index (χ4v) is 3.68. The van der Waals surface area contributed by atoms with Crippen LogP contribution in [-0.4, -0.2) is 20.9 Å². The molecule has 0 unspecified atom stereocenters. The maximum absolute atomic E-state index is 12.5. The summed E-state index contributed by atoms with van der Waals surface area (Å²) in [6.45, 7) is 3.35. The Hall–Kier alpha value is -3.16. The van der Waals surface area contributed by atoms with Crippen molar-refractivity contribution in [3.8, 4) is 5.75 Å². The van der Waals surface area contributed by atoms with Crippen LogP contribution in [0.2, 0.25) is 0 Å². The summed E-state index contributed by atoms with van der Waals surface area (Å²) in [7, 11) is -3.87. The van der Waals surface area contributed by atoms with Gasteiger partial charge < -0.3 is 10.1 Å². The van der Waals surface area contributed by atoms with Crippen molar-refractivity contribution >= 4 is 21.6 Å². The number of para-hydroxylation sites is 1. The number of carbonyl (C=O) groups excluding carboxylic acids is 1. The van der Waals surface area contributed by atoms with Gasteiger partial charge in [0, 0.05) is 12.1 Å². The summed E-state index contributed by atoms with van der Waals surface area (Å²) in [5, 5.41) is 7.94. The second-order valence-corrected chi connectivity index (χ2v) is 8.63. The summed E-state index contributed by atoms with van der Waals surface area (Å²) in [5.74, 6) is 0.237. The molecule has 0 saturated heterocycles. The number of sulfonamides is 1. The van der Waals surface area contributed by atoms with E-state index in [1.807, 2.05) is 54.6 Å². The molecule has 0 radical (unpaired) electrons. The van der Waals surface area contributed by atoms with Gasteiger partial charge in [0.25, 0.3) is 5.91 Å². The highest BCUT2D eigenvalue weighted by atomic mass is 32.2. The Morgan fingerprint density at radius 2 is 1.67 bits per heavy atom. The number of hydrogen-bond donors (Lipinski definition) is 2. The van der Waals surface area contributed by atoms with Gasteiger partial charge in [-0.3, -0.25) is 4.79 Å². The van der Waals surface area contributed by atoms with Crippen molar-refractivity contribution in [2.75, 3.05) is 11.9 Å². The third-order valence-electron chi connectivity index (χ3n) is 4.81. The molecule has 3 N–H and O–H groups in total. The first-order chi connectivity index (χ1) is 14.2. The van der Waals surface area contributed by atoms with Crippen LogP contribution in [0, 0.1) is 13.8 Å². The number of benzene rings is 3. The number of ether oxygens (including phenoxy) is 1. The Balaban J connectivity index is 1.71. The van der Waals surface area contributed by atoms with Crippen molar-refractivity contribution in [1.29, 1.82) is 0 Å². The lowest BCUT2D eigenvalue weighted by atomic mass is 10.0. The number of nitrogens with one attached hydrogen (secondary N) is 1. The molecule has 7 heteroatoms. The molecule has 3 rings (SSSR count). The first-order valence-corrected chi connectivity index (χ1v) is 11.0. The van der Waals surface area contributed by atoms with E-state index in [-0.39, 0.29) is 11.5 Å². The minimum absolute atomic E-state index is 0.0463. The third-order valence-corrected chi connectivity index (χ3v) is 5.71. The van der Waals surface area contributed by atoms with Crippen LogP contribution in [0.25, 0.3) is 0 Å². The molecule has 3 aromatic rings. The second-order valence-electron chi connectivity index (χ2n) is 7.06. The smallest absolute Gasteiger partial charge is 0.262 e. The quantitative estimate of drug-likeness (QED) is 0.606. The van der Waals surface area contributed by atoms with Crippen LogP contribution in [-0.2, 0) is 21.2 Å². The monoisotopic (exact) mass is 424 g/mol. The van der Waals surface area contributed by atoms with Gasteiger partial charge in [-0.25, -0.2) is 13.6 Å². The highest BCUT2D eigenvalue weighted by Crippen LogP contribution is 2.24. The SMILES string of the molecule is Cc1cc(S(N)(=O)=O)cc(NC(=O)COc2ccccc2Cc2ccccc2)c1C. The molecule has 0 aromatic heterocycles. The van der Waals surface area contributed by atoms with E-state index in [0.717, 1.165) is 16.7 Å². The van der Waals surface area contributed by atoms with E-state index in [0.29, 0.717) is 23.4 Å². The molecular formula is C23H24N2O4S. The van der Waals surface area contributed by atoms with Crippen molar-refractivity contribution < 1.29 is 17.9 Å². The highest BCUT2D eigenvalue weighted by Gasteiger charge is 2.15. The van der Waals surface area contributed by atoms with Crippen LogP contribution < -0.4 is 15.2 Å². The Bertz CT molecular complexity index is 1160. The first kappa shape index (κ1) is 21.5. The molecule has 156 valence electrons. The number of hydrogen-bond acceptors (Lipinski definition) is 4. The van der Waals surface area contributed by atoms with Crippen molar-refractivity contribution in [3.63, 3.8) is 0 Å². The average molecular weight is 425 g/mol. The Labute approximate surface area is 176 Å². The molecule has 0 saturated carbocycles. The summed E-state index contributed by atoms with van der Waals surface area (Å²) in [6, 6.07) is 20.4. The molecule has 0 aliphatic carbocycles. The van der Waals surface area contributed by atoms with E-state index in [1.54, 1.807) is 13.8 Å². The molecule has 3 aromatic carbocycles. The maximum atomic E-state index is 12.5. The first-order valence-electron chi connectivity index (χ1n) is 9.42. The van der Waals surface area contributed by atoms with Gasteiger partial charge in [0.15, 0.2) is 6.61 Å². The molecule has 0 heterocycles. The van der Waals surface area contributed by atoms with E-state index in [1.165, 1.54) is 12.1 Å². The largest absolute Gasteiger partial charge is 0.483 e. The van der Waals surface area contributed by atoms with Gasteiger partial charge in [-0.15, -0.1) is 0 Å². The van der Waals surface area contributed by atoms with Gasteiger partial charge >= 0.3 is 0 Å². The molecule has 0 atom stereocenters. The van der Waals surface area contributed by atoms with Gasteiger partial charge in [-0.2, -0.15) is 0 Å². The molecule has 0 bridgehead atoms. The van der Waals surface area contributed by atoms with Gasteiger partial charge in [-0.05, 0) is 54.3 Å². The number of rotatable bonds is 7. The van der Waals surface area contributed by atoms with Crippen molar-refractivity contribution in [2.45, 2.75) is 25.2 Å². The number of amides is 1. The number of nitrogens with two attached hydrogens (primary N) is 1. The van der Waals surface area contributed by atoms with Crippen LogP contribution in [0.15, 0.2) is 71.6 Å². The summed E-state index contributed by atoms with van der Waals surface area (Å²) in [6.07, 6.45) is 0.688. The van der Waals surface area contributed by atoms with E-state index < -0.39 is 15.9 Å². The van der Waals surface area contributed by atoms with Crippen LogP contribution in [0.3, 0.4) is 0 Å². The zero-order valence-electron chi connectivity index (χ0n) is 16.9. The summed E-state index contributed by atoms with van der Waals surface area (Å²) < 4.78 is 29.1. The van der Waals surface area contributed by atoms with Gasteiger partial charge in [0.1, 0.15) is 5.75 Å². The fraction of sp³-hybridized carbons (Fsp3) is 0.174. The average Bonchev–Trinajstić information content (AvgIpc) is 2.70. The lowest BCUT2D eigenvalue weighted by Crippen LogP contribution is -2.22. The van der Waals surface area contributed by atoms with Crippen LogP contribution in [0.4, 0.5) is 5.69 Å². The minimum atomic E-state index is -3.87. The lowest BCUT2D eigenvalue weighted by Gasteiger charge is -2.14. The van der Waals surface area contributed by atoms with Crippen LogP contribution in [0.1, 0.15) is 22.3 Å². The molecule has 0 aliphatic heterocycles. The fourth-order valence-electron chi connectivity index (χ4n) is 3.06. The van der Waals surface area contributed by atoms with Crippen LogP contribution in [0.5, 0.6) is 5.75 Å². The van der Waals surface area contributed by atoms with Crippen molar-refractivity contribution in [2.24, 2.45) is 5.14 Å². The Morgan fingerprint density at radius 1 is 1.00 bits per heavy atom. The topological polar surface area (TPSA) is 98.5 Å². The predicted octanol–water partition coefficient (Wildman–Crippen LogP) is 3.56. The van der Waals surface area contributed by atoms with E-state index in [2.05, 4.69) is 5.32 Å². The summed E-state index contributed by atoms with van der Waals surface area (Å²) in [5.41, 5.74) is 3.99. The molecule has 6 nitrogen and oxygen atoms in total. The maximum Gasteiger partial charge on any atom is 0.262 e. The van der Waals surface area contributed by atoms with Gasteiger partial charge in [0.05, 0.1) is 4.90 Å². The van der Waals surface area contributed by atoms with Gasteiger partial charge in [-0.1, -0.05) is 48.5 Å². The molecule has 1 amide bonds. The zero-order chi connectivity index (χ0) is 21.7. The van der Waals surface area contributed by atoms with E-state index in [9.17, 15) is 13.2 Å². The van der Waals surface area contributed by atoms with Gasteiger partial charge in [0.2, 0.25) is 10.0 Å². The molecular weight excluding hydrogens is 400 g/mol. The highest BCUT2D eigenvalue weighted by molar-refractivity contribution is 7.89. The molecule has 30 heavy (non-hydrogen) atoms. The number of aryl methyl sites for hydroxylation is 1. The van der Waals surface area contributed by atoms with E-state index >= 15 is 0 Å².